The Balaban J connectivity index is 2.07. The summed E-state index contributed by atoms with van der Waals surface area (Å²) in [5, 5.41) is 7.44. The maximum Gasteiger partial charge on any atom is 0.237 e. The van der Waals surface area contributed by atoms with E-state index in [2.05, 4.69) is 15.4 Å². The van der Waals surface area contributed by atoms with E-state index in [0.29, 0.717) is 12.4 Å². The minimum Gasteiger partial charge on any atom is -0.473 e. The lowest BCUT2D eigenvalue weighted by atomic mass is 10.3. The normalized spacial score (nSPS) is 10.7. The van der Waals surface area contributed by atoms with E-state index in [1.54, 1.807) is 12.4 Å². The molecule has 0 atom stereocenters. The minimum atomic E-state index is 0.108. The fourth-order valence-corrected chi connectivity index (χ4v) is 1.60. The Bertz CT molecular complexity index is 507. The third kappa shape index (κ3) is 3.00. The zero-order chi connectivity index (χ0) is 13.0. The molecule has 0 amide bonds. The minimum absolute atomic E-state index is 0.108. The number of aryl methyl sites for hydroxylation is 1. The van der Waals surface area contributed by atoms with Gasteiger partial charge in [-0.1, -0.05) is 0 Å². The van der Waals surface area contributed by atoms with Gasteiger partial charge in [-0.2, -0.15) is 5.10 Å². The van der Waals surface area contributed by atoms with Gasteiger partial charge >= 0.3 is 0 Å². The number of hydrogen-bond acceptors (Lipinski definition) is 4. The molecule has 0 saturated carbocycles. The molecule has 0 fully saturated rings. The molecule has 1 N–H and O–H groups in total. The van der Waals surface area contributed by atoms with Crippen LogP contribution in [0.5, 0.6) is 5.88 Å². The highest BCUT2D eigenvalue weighted by Crippen LogP contribution is 2.22. The van der Waals surface area contributed by atoms with Gasteiger partial charge in [0.15, 0.2) is 0 Å². The Kier molecular flexibility index (Phi) is 3.82. The topological polar surface area (TPSA) is 52.0 Å². The molecule has 0 spiro atoms. The Morgan fingerprint density at radius 2 is 2.17 bits per heavy atom. The molecule has 0 aliphatic carbocycles. The Morgan fingerprint density at radius 1 is 1.33 bits per heavy atom. The van der Waals surface area contributed by atoms with E-state index >= 15 is 0 Å². The number of nitrogens with one attached hydrogen (secondary N) is 1. The summed E-state index contributed by atoms with van der Waals surface area (Å²) in [6, 6.07) is 5.83. The van der Waals surface area contributed by atoms with Crippen LogP contribution in [-0.4, -0.2) is 20.9 Å². The first-order valence-electron chi connectivity index (χ1n) is 5.99. The molecule has 2 rings (SSSR count). The number of nitrogens with zero attached hydrogens (tertiary/aromatic N) is 3. The first-order valence-corrected chi connectivity index (χ1v) is 5.99. The summed E-state index contributed by atoms with van der Waals surface area (Å²) in [5.41, 5.74) is 2.00. The van der Waals surface area contributed by atoms with Crippen LogP contribution in [0.25, 0.3) is 0 Å². The molecule has 0 aromatic carbocycles. The molecule has 2 heterocycles. The van der Waals surface area contributed by atoms with Crippen LogP contribution in [0.15, 0.2) is 30.6 Å². The highest BCUT2D eigenvalue weighted by atomic mass is 16.5. The van der Waals surface area contributed by atoms with Gasteiger partial charge in [0, 0.05) is 19.4 Å². The fourth-order valence-electron chi connectivity index (χ4n) is 1.60. The lowest BCUT2D eigenvalue weighted by Gasteiger charge is -2.14. The molecule has 0 radical (unpaired) electrons. The second-order valence-electron chi connectivity index (χ2n) is 4.32. The maximum absolute atomic E-state index is 5.65. The van der Waals surface area contributed by atoms with Crippen molar-refractivity contribution in [2.75, 3.05) is 5.32 Å². The van der Waals surface area contributed by atoms with Crippen molar-refractivity contribution in [1.29, 1.82) is 0 Å². The quantitative estimate of drug-likeness (QED) is 0.878. The van der Waals surface area contributed by atoms with E-state index < -0.39 is 0 Å². The van der Waals surface area contributed by atoms with Crippen LogP contribution in [0.3, 0.4) is 0 Å². The maximum atomic E-state index is 5.65. The third-order valence-corrected chi connectivity index (χ3v) is 2.50. The molecule has 0 aliphatic rings. The predicted molar refractivity (Wildman–Crippen MR) is 70.5 cm³/mol. The molecular weight excluding hydrogens is 228 g/mol. The van der Waals surface area contributed by atoms with Gasteiger partial charge in [-0.15, -0.1) is 0 Å². The molecular formula is C13H18N4O. The Morgan fingerprint density at radius 3 is 2.83 bits per heavy atom. The molecule has 5 heteroatoms. The van der Waals surface area contributed by atoms with Crippen LogP contribution in [0.1, 0.15) is 19.5 Å². The molecule has 2 aromatic rings. The zero-order valence-corrected chi connectivity index (χ0v) is 10.9. The number of ether oxygens (including phenoxy) is 1. The van der Waals surface area contributed by atoms with E-state index in [1.165, 1.54) is 0 Å². The number of anilines is 1. The van der Waals surface area contributed by atoms with E-state index in [9.17, 15) is 0 Å². The van der Waals surface area contributed by atoms with Crippen molar-refractivity contribution in [1.82, 2.24) is 14.8 Å². The summed E-state index contributed by atoms with van der Waals surface area (Å²) in [4.78, 5) is 4.23. The lowest BCUT2D eigenvalue weighted by Crippen LogP contribution is -2.11. The highest BCUT2D eigenvalue weighted by molar-refractivity contribution is 5.52. The Hall–Kier alpha value is -2.04. The van der Waals surface area contributed by atoms with Gasteiger partial charge < -0.3 is 10.1 Å². The molecule has 2 aromatic heterocycles. The highest BCUT2D eigenvalue weighted by Gasteiger charge is 2.07. The van der Waals surface area contributed by atoms with Gasteiger partial charge in [-0.3, -0.25) is 4.68 Å². The fraction of sp³-hybridized carbons (Fsp3) is 0.385. The second-order valence-corrected chi connectivity index (χ2v) is 4.32. The monoisotopic (exact) mass is 246 g/mol. The van der Waals surface area contributed by atoms with Crippen LogP contribution in [-0.2, 0) is 13.6 Å². The predicted octanol–water partition coefficient (Wildman–Crippen LogP) is 2.21. The molecule has 96 valence electrons. The lowest BCUT2D eigenvalue weighted by molar-refractivity contribution is 0.234. The first-order chi connectivity index (χ1) is 8.66. The number of pyridine rings is 1. The van der Waals surface area contributed by atoms with E-state index in [1.807, 2.05) is 43.8 Å². The number of aromatic nitrogens is 3. The van der Waals surface area contributed by atoms with E-state index in [0.717, 1.165) is 11.4 Å². The average Bonchev–Trinajstić information content (AvgIpc) is 2.73. The van der Waals surface area contributed by atoms with Gasteiger partial charge in [0.1, 0.15) is 0 Å². The average molecular weight is 246 g/mol. The van der Waals surface area contributed by atoms with Crippen molar-refractivity contribution in [3.05, 3.63) is 36.3 Å². The smallest absolute Gasteiger partial charge is 0.237 e. The molecule has 0 unspecified atom stereocenters. The molecule has 0 saturated heterocycles. The van der Waals surface area contributed by atoms with Gasteiger partial charge in [0.25, 0.3) is 0 Å². The van der Waals surface area contributed by atoms with Crippen LogP contribution in [0.2, 0.25) is 0 Å². The van der Waals surface area contributed by atoms with Crippen molar-refractivity contribution in [2.24, 2.45) is 7.05 Å². The van der Waals surface area contributed by atoms with Gasteiger partial charge in [-0.05, 0) is 32.0 Å². The molecule has 18 heavy (non-hydrogen) atoms. The summed E-state index contributed by atoms with van der Waals surface area (Å²) in [5.74, 6) is 0.634. The standard InChI is InChI=1S/C13H18N4O/c1-10(2)18-13-12(5-4-7-14-13)15-9-11-6-8-16-17(11)3/h4-8,10,15H,9H2,1-3H3. The molecule has 0 bridgehead atoms. The van der Waals surface area contributed by atoms with Crippen LogP contribution >= 0.6 is 0 Å². The zero-order valence-electron chi connectivity index (χ0n) is 10.9. The molecule has 5 nitrogen and oxygen atoms in total. The van der Waals surface area contributed by atoms with Crippen LogP contribution in [0, 0.1) is 0 Å². The largest absolute Gasteiger partial charge is 0.473 e. The first kappa shape index (κ1) is 12.4. The number of hydrogen-bond donors (Lipinski definition) is 1. The van der Waals surface area contributed by atoms with E-state index in [-0.39, 0.29) is 6.10 Å². The van der Waals surface area contributed by atoms with Crippen molar-refractivity contribution >= 4 is 5.69 Å². The SMILES string of the molecule is CC(C)Oc1ncccc1NCc1ccnn1C. The third-order valence-electron chi connectivity index (χ3n) is 2.50. The summed E-state index contributed by atoms with van der Waals surface area (Å²) in [7, 11) is 1.92. The van der Waals surface area contributed by atoms with Crippen LogP contribution in [0.4, 0.5) is 5.69 Å². The van der Waals surface area contributed by atoms with Crippen molar-refractivity contribution in [3.8, 4) is 5.88 Å². The Labute approximate surface area is 107 Å². The van der Waals surface area contributed by atoms with Gasteiger partial charge in [0.05, 0.1) is 24.0 Å². The summed E-state index contributed by atoms with van der Waals surface area (Å²) in [6.07, 6.45) is 3.62. The second kappa shape index (κ2) is 5.53. The summed E-state index contributed by atoms with van der Waals surface area (Å²) >= 11 is 0. The van der Waals surface area contributed by atoms with Gasteiger partial charge in [0.2, 0.25) is 5.88 Å². The summed E-state index contributed by atoms with van der Waals surface area (Å²) in [6.45, 7) is 4.66. The number of rotatable bonds is 5. The van der Waals surface area contributed by atoms with Gasteiger partial charge in [-0.25, -0.2) is 4.98 Å². The van der Waals surface area contributed by atoms with Crippen molar-refractivity contribution in [2.45, 2.75) is 26.5 Å². The summed E-state index contributed by atoms with van der Waals surface area (Å²) < 4.78 is 7.49. The molecule has 0 aliphatic heterocycles. The van der Waals surface area contributed by atoms with Crippen LogP contribution < -0.4 is 10.1 Å². The van der Waals surface area contributed by atoms with Crippen molar-refractivity contribution < 1.29 is 4.74 Å². The van der Waals surface area contributed by atoms with E-state index in [4.69, 9.17) is 4.74 Å². The van der Waals surface area contributed by atoms with Crippen molar-refractivity contribution in [3.63, 3.8) is 0 Å².